The molecule has 0 saturated heterocycles. The summed E-state index contributed by atoms with van der Waals surface area (Å²) in [5.74, 6) is -0.136. The van der Waals surface area contributed by atoms with Crippen LogP contribution in [0.2, 0.25) is 10.0 Å². The van der Waals surface area contributed by atoms with Gasteiger partial charge >= 0.3 is 5.97 Å². The number of hydrogen-bond acceptors (Lipinski definition) is 9. The highest BCUT2D eigenvalue weighted by Crippen LogP contribution is 2.37. The molecule has 3 rings (SSSR count). The van der Waals surface area contributed by atoms with Crippen molar-refractivity contribution >= 4 is 70.9 Å². The lowest BCUT2D eigenvalue weighted by Crippen LogP contribution is -2.33. The van der Waals surface area contributed by atoms with Crippen LogP contribution in [-0.2, 0) is 11.2 Å². The van der Waals surface area contributed by atoms with E-state index in [2.05, 4.69) is 34.2 Å². The van der Waals surface area contributed by atoms with Gasteiger partial charge in [-0.3, -0.25) is 4.79 Å². The van der Waals surface area contributed by atoms with Crippen LogP contribution in [0.25, 0.3) is 0 Å². The highest BCUT2D eigenvalue weighted by Gasteiger charge is 2.14. The number of thiazole rings is 1. The number of nitrogens with two attached hydrogens (primary N) is 1. The van der Waals surface area contributed by atoms with Gasteiger partial charge in [0.05, 0.1) is 15.4 Å². The van der Waals surface area contributed by atoms with E-state index < -0.39 is 17.8 Å². The van der Waals surface area contributed by atoms with Gasteiger partial charge in [-0.05, 0) is 79.5 Å². The number of anilines is 1. The normalized spacial score (nSPS) is 10.8. The molecule has 214 valence electrons. The standard InChI is InChI=1S/C22H23Cl2FN4O3S2.C2H4S.C2H6/c23-14-3-4-18(13(8-14)2-1-6-27-7-5-17(26)22(30)31)32-19-10-16(25)20(9-15(19)24)34-29-21-11-33-12-28-21;1-2-3;1-2/h3-4,8-12,17,27,29H,1-2,5-7,26H2,(H,30,31);2-3H,1H2;1-2H3. The van der Waals surface area contributed by atoms with E-state index in [9.17, 15) is 9.18 Å². The second-order valence-corrected chi connectivity index (χ2v) is 10.2. The van der Waals surface area contributed by atoms with Crippen LogP contribution in [0.1, 0.15) is 32.3 Å². The lowest BCUT2D eigenvalue weighted by molar-refractivity contribution is -0.138. The largest absolute Gasteiger partial charge is 0.480 e. The highest BCUT2D eigenvalue weighted by atomic mass is 35.5. The van der Waals surface area contributed by atoms with Gasteiger partial charge in [0.15, 0.2) is 0 Å². The summed E-state index contributed by atoms with van der Waals surface area (Å²) in [6.45, 7) is 8.39. The third kappa shape index (κ3) is 13.3. The van der Waals surface area contributed by atoms with Crippen molar-refractivity contribution in [2.45, 2.75) is 44.0 Å². The van der Waals surface area contributed by atoms with Crippen LogP contribution in [0.3, 0.4) is 0 Å². The van der Waals surface area contributed by atoms with Crippen molar-refractivity contribution in [1.82, 2.24) is 10.3 Å². The first kappa shape index (κ1) is 35.0. The fourth-order valence-corrected chi connectivity index (χ4v) is 4.59. The maximum absolute atomic E-state index is 14.7. The van der Waals surface area contributed by atoms with Crippen molar-refractivity contribution in [3.63, 3.8) is 0 Å². The predicted molar refractivity (Wildman–Crippen MR) is 166 cm³/mol. The number of nitrogens with one attached hydrogen (secondary N) is 2. The number of carbonyl (C=O) groups is 1. The number of nitrogens with zero attached hydrogens (tertiary/aromatic N) is 1. The van der Waals surface area contributed by atoms with Gasteiger partial charge < -0.3 is 25.6 Å². The summed E-state index contributed by atoms with van der Waals surface area (Å²) in [4.78, 5) is 15.2. The van der Waals surface area contributed by atoms with Crippen molar-refractivity contribution < 1.29 is 19.0 Å². The number of ether oxygens (including phenoxy) is 1. The molecular formula is C26H33Cl2FN4O3S3. The van der Waals surface area contributed by atoms with Crippen molar-refractivity contribution in [1.29, 1.82) is 0 Å². The van der Waals surface area contributed by atoms with E-state index in [1.807, 2.05) is 19.2 Å². The zero-order valence-electron chi connectivity index (χ0n) is 21.6. The summed E-state index contributed by atoms with van der Waals surface area (Å²) >= 11 is 18.6. The monoisotopic (exact) mass is 634 g/mol. The third-order valence-electron chi connectivity index (χ3n) is 4.68. The minimum absolute atomic E-state index is 0.196. The molecule has 2 aromatic carbocycles. The third-order valence-corrected chi connectivity index (χ3v) is 6.64. The summed E-state index contributed by atoms with van der Waals surface area (Å²) in [5, 5.41) is 16.1. The molecule has 1 heterocycles. The molecule has 13 heteroatoms. The number of carboxylic acid groups (broad SMARTS) is 1. The lowest BCUT2D eigenvalue weighted by atomic mass is 10.1. The number of halogens is 3. The van der Waals surface area contributed by atoms with Gasteiger partial charge in [0.1, 0.15) is 29.2 Å². The van der Waals surface area contributed by atoms with Crippen molar-refractivity contribution in [3.8, 4) is 11.5 Å². The summed E-state index contributed by atoms with van der Waals surface area (Å²) in [6.07, 6.45) is 1.73. The molecule has 0 radical (unpaired) electrons. The van der Waals surface area contributed by atoms with Crippen LogP contribution < -0.4 is 20.5 Å². The molecule has 1 unspecified atom stereocenters. The van der Waals surface area contributed by atoms with Crippen LogP contribution in [0.15, 0.2) is 58.1 Å². The molecule has 0 aliphatic heterocycles. The van der Waals surface area contributed by atoms with Crippen LogP contribution in [0.4, 0.5) is 10.2 Å². The molecule has 39 heavy (non-hydrogen) atoms. The number of aryl methyl sites for hydroxylation is 1. The van der Waals surface area contributed by atoms with Crippen molar-refractivity contribution in [2.24, 2.45) is 5.73 Å². The Hall–Kier alpha value is -1.99. The Kier molecular flexibility index (Phi) is 17.9. The molecule has 0 aliphatic carbocycles. The van der Waals surface area contributed by atoms with Crippen LogP contribution in [-0.4, -0.2) is 35.2 Å². The Morgan fingerprint density at radius 1 is 1.31 bits per heavy atom. The second-order valence-electron chi connectivity index (χ2n) is 7.41. The molecule has 5 N–H and O–H groups in total. The van der Waals surface area contributed by atoms with Crippen LogP contribution in [0.5, 0.6) is 11.5 Å². The van der Waals surface area contributed by atoms with E-state index in [-0.39, 0.29) is 10.8 Å². The van der Waals surface area contributed by atoms with E-state index in [0.717, 1.165) is 23.9 Å². The summed E-state index contributed by atoms with van der Waals surface area (Å²) in [5.41, 5.74) is 8.01. The number of aliphatic carboxylic acids is 1. The van der Waals surface area contributed by atoms with Gasteiger partial charge in [-0.2, -0.15) is 12.6 Å². The molecule has 0 fully saturated rings. The first-order valence-electron chi connectivity index (χ1n) is 12.0. The minimum atomic E-state index is -1.01. The maximum atomic E-state index is 14.7. The molecule has 0 bridgehead atoms. The number of benzene rings is 2. The minimum Gasteiger partial charge on any atom is -0.480 e. The average molecular weight is 636 g/mol. The lowest BCUT2D eigenvalue weighted by Gasteiger charge is -2.14. The second kappa shape index (κ2) is 20.0. The molecule has 0 amide bonds. The zero-order valence-corrected chi connectivity index (χ0v) is 25.7. The highest BCUT2D eigenvalue weighted by molar-refractivity contribution is 8.00. The smallest absolute Gasteiger partial charge is 0.320 e. The number of carboxylic acids is 1. The summed E-state index contributed by atoms with van der Waals surface area (Å²) < 4.78 is 23.6. The van der Waals surface area contributed by atoms with Crippen molar-refractivity contribution in [3.05, 3.63) is 74.6 Å². The molecule has 1 atom stereocenters. The van der Waals surface area contributed by atoms with Gasteiger partial charge in [0.2, 0.25) is 0 Å². The quantitative estimate of drug-likeness (QED) is 0.0733. The first-order chi connectivity index (χ1) is 18.7. The SMILES string of the molecule is C=CS.CC.NC(CCNCCCc1cc(Cl)ccc1Oc1cc(F)c(SNc2cscn2)cc1Cl)C(=O)O. The fraction of sp³-hybridized carbons (Fsp3) is 0.308. The Morgan fingerprint density at radius 3 is 2.67 bits per heavy atom. The maximum Gasteiger partial charge on any atom is 0.320 e. The summed E-state index contributed by atoms with van der Waals surface area (Å²) in [7, 11) is 0. The molecule has 0 spiro atoms. The Morgan fingerprint density at radius 2 is 2.03 bits per heavy atom. The molecule has 1 aromatic heterocycles. The van der Waals surface area contributed by atoms with Gasteiger partial charge in [-0.1, -0.05) is 43.6 Å². The van der Waals surface area contributed by atoms with Crippen LogP contribution in [0, 0.1) is 5.82 Å². The number of thiol groups is 1. The molecule has 0 saturated carbocycles. The van der Waals surface area contributed by atoms with E-state index in [1.54, 1.807) is 23.7 Å². The Bertz CT molecular complexity index is 1160. The summed E-state index contributed by atoms with van der Waals surface area (Å²) in [6, 6.07) is 7.08. The average Bonchev–Trinajstić information content (AvgIpc) is 3.43. The zero-order chi connectivity index (χ0) is 29.2. The first-order valence-corrected chi connectivity index (χ1v) is 15.0. The molecule has 3 aromatic rings. The van der Waals surface area contributed by atoms with E-state index in [1.165, 1.54) is 28.9 Å². The number of rotatable bonds is 13. The molecule has 0 aliphatic rings. The van der Waals surface area contributed by atoms with Gasteiger partial charge in [0.25, 0.3) is 0 Å². The Balaban J connectivity index is 0.00000142. The number of aromatic nitrogens is 1. The topological polar surface area (TPSA) is 110 Å². The van der Waals surface area contributed by atoms with E-state index >= 15 is 0 Å². The number of hydrogen-bond donors (Lipinski definition) is 5. The van der Waals surface area contributed by atoms with Gasteiger partial charge in [0, 0.05) is 16.5 Å². The van der Waals surface area contributed by atoms with Gasteiger partial charge in [-0.25, -0.2) is 9.37 Å². The molecular weight excluding hydrogens is 602 g/mol. The van der Waals surface area contributed by atoms with Crippen molar-refractivity contribution in [2.75, 3.05) is 17.8 Å². The van der Waals surface area contributed by atoms with Gasteiger partial charge in [-0.15, -0.1) is 11.3 Å². The predicted octanol–water partition coefficient (Wildman–Crippen LogP) is 7.91. The Labute approximate surface area is 252 Å². The van der Waals surface area contributed by atoms with Crippen LogP contribution >= 0.6 is 59.1 Å². The molecule has 7 nitrogen and oxygen atoms in total. The van der Waals surface area contributed by atoms with E-state index in [0.29, 0.717) is 47.4 Å². The van der Waals surface area contributed by atoms with E-state index in [4.69, 9.17) is 38.8 Å². The fourth-order valence-electron chi connectivity index (χ4n) is 2.91.